The van der Waals surface area contributed by atoms with E-state index in [2.05, 4.69) is 23.5 Å². The largest absolute Gasteiger partial charge is 0.315 e. The first-order valence-corrected chi connectivity index (χ1v) is 7.50. The number of amides is 1. The van der Waals surface area contributed by atoms with Gasteiger partial charge in [0.2, 0.25) is 5.91 Å². The number of fused-ring (bicyclic) bond motifs is 1. The molecule has 0 spiro atoms. The van der Waals surface area contributed by atoms with E-state index < -0.39 is 0 Å². The summed E-state index contributed by atoms with van der Waals surface area (Å²) in [6.07, 6.45) is 3.00. The molecule has 2 aliphatic heterocycles. The number of nitrogens with one attached hydrogen (secondary N) is 1. The van der Waals surface area contributed by atoms with Crippen molar-refractivity contribution < 1.29 is 4.79 Å². The summed E-state index contributed by atoms with van der Waals surface area (Å²) < 4.78 is 0. The average Bonchev–Trinajstić information content (AvgIpc) is 2.79. The fraction of sp³-hybridized carbons (Fsp3) is 0.500. The summed E-state index contributed by atoms with van der Waals surface area (Å²) in [6, 6.07) is 6.77. The maximum atomic E-state index is 12.0. The minimum atomic E-state index is 0.234. The van der Waals surface area contributed by atoms with Gasteiger partial charge in [0, 0.05) is 29.6 Å². The van der Waals surface area contributed by atoms with Gasteiger partial charge in [0.15, 0.2) is 0 Å². The van der Waals surface area contributed by atoms with Crippen molar-refractivity contribution in [1.29, 1.82) is 0 Å². The Morgan fingerprint density at radius 3 is 3.11 bits per heavy atom. The molecule has 0 aliphatic carbocycles. The van der Waals surface area contributed by atoms with E-state index in [9.17, 15) is 4.79 Å². The van der Waals surface area contributed by atoms with Gasteiger partial charge < -0.3 is 10.2 Å². The summed E-state index contributed by atoms with van der Waals surface area (Å²) in [5.74, 6) is 1.45. The van der Waals surface area contributed by atoms with E-state index >= 15 is 0 Å². The van der Waals surface area contributed by atoms with Crippen molar-refractivity contribution in [2.45, 2.75) is 30.2 Å². The zero-order chi connectivity index (χ0) is 12.5. The second kappa shape index (κ2) is 4.94. The molecule has 1 aromatic carbocycles. The Bertz CT molecular complexity index is 475. The highest BCUT2D eigenvalue weighted by Gasteiger charge is 2.29. The van der Waals surface area contributed by atoms with Gasteiger partial charge in [-0.1, -0.05) is 0 Å². The maximum Gasteiger partial charge on any atom is 0.228 e. The SMILES string of the molecule is CNC1CC(=O)N(c2ccc3c(c2)CCCS3)C1. The second-order valence-electron chi connectivity index (χ2n) is 4.94. The third-order valence-corrected chi connectivity index (χ3v) is 4.94. The first kappa shape index (κ1) is 12.1. The summed E-state index contributed by atoms with van der Waals surface area (Å²) in [4.78, 5) is 15.3. The number of nitrogens with zero attached hydrogens (tertiary/aromatic N) is 1. The summed E-state index contributed by atoms with van der Waals surface area (Å²) in [7, 11) is 1.92. The number of hydrogen-bond acceptors (Lipinski definition) is 3. The van der Waals surface area contributed by atoms with E-state index in [0.29, 0.717) is 12.5 Å². The van der Waals surface area contributed by atoms with E-state index in [1.807, 2.05) is 23.7 Å². The van der Waals surface area contributed by atoms with Gasteiger partial charge in [-0.05, 0) is 49.4 Å². The molecular formula is C14H18N2OS. The maximum absolute atomic E-state index is 12.0. The van der Waals surface area contributed by atoms with Crippen LogP contribution in [0.4, 0.5) is 5.69 Å². The quantitative estimate of drug-likeness (QED) is 0.885. The van der Waals surface area contributed by atoms with E-state index in [-0.39, 0.29) is 5.91 Å². The first-order valence-electron chi connectivity index (χ1n) is 6.51. The normalized spacial score (nSPS) is 23.3. The standard InChI is InChI=1S/C14H18N2OS/c1-15-11-8-14(17)16(9-11)12-4-5-13-10(7-12)3-2-6-18-13/h4-5,7,11,15H,2-3,6,8-9H2,1H3. The number of carbonyl (C=O) groups is 1. The number of hydrogen-bond donors (Lipinski definition) is 1. The molecule has 1 amide bonds. The van der Waals surface area contributed by atoms with Gasteiger partial charge in [-0.25, -0.2) is 0 Å². The highest BCUT2D eigenvalue weighted by Crippen LogP contribution is 2.33. The zero-order valence-electron chi connectivity index (χ0n) is 10.6. The Balaban J connectivity index is 1.86. The van der Waals surface area contributed by atoms with Crippen LogP contribution in [0.5, 0.6) is 0 Å². The lowest BCUT2D eigenvalue weighted by Gasteiger charge is -2.21. The van der Waals surface area contributed by atoms with Crippen LogP contribution in [0.1, 0.15) is 18.4 Å². The highest BCUT2D eigenvalue weighted by molar-refractivity contribution is 7.99. The topological polar surface area (TPSA) is 32.3 Å². The van der Waals surface area contributed by atoms with Crippen molar-refractivity contribution in [2.24, 2.45) is 0 Å². The van der Waals surface area contributed by atoms with Crippen LogP contribution in [0.3, 0.4) is 0 Å². The van der Waals surface area contributed by atoms with E-state index in [1.165, 1.54) is 22.6 Å². The van der Waals surface area contributed by atoms with Crippen molar-refractivity contribution in [3.63, 3.8) is 0 Å². The molecule has 0 bridgehead atoms. The van der Waals surface area contributed by atoms with Crippen LogP contribution in [0.2, 0.25) is 0 Å². The molecule has 3 nitrogen and oxygen atoms in total. The van der Waals surface area contributed by atoms with Crippen LogP contribution < -0.4 is 10.2 Å². The number of carbonyl (C=O) groups excluding carboxylic acids is 1. The molecule has 1 fully saturated rings. The van der Waals surface area contributed by atoms with E-state index in [0.717, 1.165) is 18.7 Å². The van der Waals surface area contributed by atoms with Gasteiger partial charge in [-0.2, -0.15) is 0 Å². The van der Waals surface area contributed by atoms with Crippen LogP contribution in [0.15, 0.2) is 23.1 Å². The van der Waals surface area contributed by atoms with Gasteiger partial charge in [-0.15, -0.1) is 11.8 Å². The molecule has 96 valence electrons. The third kappa shape index (κ3) is 2.15. The van der Waals surface area contributed by atoms with Crippen molar-refractivity contribution in [2.75, 3.05) is 24.2 Å². The lowest BCUT2D eigenvalue weighted by molar-refractivity contribution is -0.117. The average molecular weight is 262 g/mol. The molecular weight excluding hydrogens is 244 g/mol. The fourth-order valence-electron chi connectivity index (χ4n) is 2.67. The lowest BCUT2D eigenvalue weighted by Crippen LogP contribution is -2.30. The summed E-state index contributed by atoms with van der Waals surface area (Å²) >= 11 is 1.93. The predicted octanol–water partition coefficient (Wildman–Crippen LogP) is 2.05. The minimum absolute atomic E-state index is 0.234. The molecule has 1 saturated heterocycles. The molecule has 4 heteroatoms. The fourth-order valence-corrected chi connectivity index (χ4v) is 3.68. The molecule has 0 aromatic heterocycles. The summed E-state index contributed by atoms with van der Waals surface area (Å²) in [5, 5.41) is 3.19. The van der Waals surface area contributed by atoms with Crippen molar-refractivity contribution in [1.82, 2.24) is 5.32 Å². The molecule has 2 heterocycles. The van der Waals surface area contributed by atoms with Gasteiger partial charge in [0.05, 0.1) is 0 Å². The van der Waals surface area contributed by atoms with Crippen molar-refractivity contribution in [3.05, 3.63) is 23.8 Å². The predicted molar refractivity (Wildman–Crippen MR) is 75.3 cm³/mol. The lowest BCUT2D eigenvalue weighted by atomic mass is 10.1. The molecule has 1 atom stereocenters. The van der Waals surface area contributed by atoms with Crippen LogP contribution in [0.25, 0.3) is 0 Å². The molecule has 1 aromatic rings. The Morgan fingerprint density at radius 2 is 2.33 bits per heavy atom. The van der Waals surface area contributed by atoms with Crippen LogP contribution in [-0.4, -0.2) is 31.3 Å². The number of aryl methyl sites for hydroxylation is 1. The van der Waals surface area contributed by atoms with Crippen LogP contribution >= 0.6 is 11.8 Å². The molecule has 18 heavy (non-hydrogen) atoms. The molecule has 1 unspecified atom stereocenters. The van der Waals surface area contributed by atoms with Crippen LogP contribution in [0, 0.1) is 0 Å². The first-order chi connectivity index (χ1) is 8.78. The van der Waals surface area contributed by atoms with Crippen molar-refractivity contribution in [3.8, 4) is 0 Å². The van der Waals surface area contributed by atoms with Crippen LogP contribution in [-0.2, 0) is 11.2 Å². The number of thioether (sulfide) groups is 1. The highest BCUT2D eigenvalue weighted by atomic mass is 32.2. The molecule has 3 rings (SSSR count). The molecule has 0 saturated carbocycles. The Labute approximate surface area is 112 Å². The molecule has 0 radical (unpaired) electrons. The zero-order valence-corrected chi connectivity index (χ0v) is 11.4. The molecule has 1 N–H and O–H groups in total. The van der Waals surface area contributed by atoms with Gasteiger partial charge in [-0.3, -0.25) is 4.79 Å². The number of benzene rings is 1. The summed E-state index contributed by atoms with van der Waals surface area (Å²) in [5.41, 5.74) is 2.48. The van der Waals surface area contributed by atoms with Gasteiger partial charge in [0.1, 0.15) is 0 Å². The van der Waals surface area contributed by atoms with Gasteiger partial charge >= 0.3 is 0 Å². The minimum Gasteiger partial charge on any atom is -0.315 e. The third-order valence-electron chi connectivity index (χ3n) is 3.74. The van der Waals surface area contributed by atoms with E-state index in [4.69, 9.17) is 0 Å². The van der Waals surface area contributed by atoms with Crippen molar-refractivity contribution >= 4 is 23.4 Å². The Hall–Kier alpha value is -1.00. The number of anilines is 1. The Morgan fingerprint density at radius 1 is 1.44 bits per heavy atom. The Kier molecular flexibility index (Phi) is 3.31. The monoisotopic (exact) mass is 262 g/mol. The molecule has 2 aliphatic rings. The number of likely N-dealkylation sites (N-methyl/N-ethyl adjacent to an activating group) is 1. The smallest absolute Gasteiger partial charge is 0.228 e. The number of rotatable bonds is 2. The second-order valence-corrected chi connectivity index (χ2v) is 6.07. The van der Waals surface area contributed by atoms with E-state index in [1.54, 1.807) is 0 Å². The summed E-state index contributed by atoms with van der Waals surface area (Å²) in [6.45, 7) is 0.793. The van der Waals surface area contributed by atoms with Gasteiger partial charge in [0.25, 0.3) is 0 Å².